The van der Waals surface area contributed by atoms with Crippen LogP contribution in [-0.2, 0) is 23.7 Å². The van der Waals surface area contributed by atoms with Crippen LogP contribution in [0.25, 0.3) is 22.4 Å². The molecule has 0 aliphatic carbocycles. The van der Waals surface area contributed by atoms with Gasteiger partial charge < -0.3 is 13.6 Å². The molecule has 14 heteroatoms. The normalized spacial score (nSPS) is 19.7. The van der Waals surface area contributed by atoms with Crippen molar-refractivity contribution in [2.45, 2.75) is 167 Å². The van der Waals surface area contributed by atoms with E-state index in [9.17, 15) is 13.0 Å². The van der Waals surface area contributed by atoms with Crippen molar-refractivity contribution < 1.29 is 26.6 Å². The first-order valence-electron chi connectivity index (χ1n) is 18.1. The highest BCUT2D eigenvalue weighted by Crippen LogP contribution is 2.46. The molecule has 1 N–H and O–H groups in total. The number of aromatic nitrogens is 4. The molecule has 10 nitrogen and oxygen atoms in total. The van der Waals surface area contributed by atoms with Gasteiger partial charge in [-0.25, -0.2) is 15.0 Å². The van der Waals surface area contributed by atoms with Crippen LogP contribution in [0.2, 0.25) is 36.3 Å². The van der Waals surface area contributed by atoms with Gasteiger partial charge in [0.15, 0.2) is 26.1 Å². The Hall–Kier alpha value is -1.28. The topological polar surface area (TPSA) is 126 Å². The number of nitrogens with zero attached hydrogens (tertiary/aromatic N) is 4. The molecule has 3 atom stereocenters. The fourth-order valence-corrected chi connectivity index (χ4v) is 10.2. The molecule has 3 heterocycles. The van der Waals surface area contributed by atoms with Gasteiger partial charge in [0.1, 0.15) is 28.4 Å². The highest BCUT2D eigenvalue weighted by molar-refractivity contribution is 14.1. The molecule has 0 radical (unpaired) electrons. The maximum Gasteiger partial charge on any atom is 0.295 e. The molecule has 3 aromatic rings. The van der Waals surface area contributed by atoms with Crippen LogP contribution in [0, 0.1) is 3.83 Å². The van der Waals surface area contributed by atoms with Crippen molar-refractivity contribution in [2.75, 3.05) is 6.61 Å². The molecule has 1 aliphatic heterocycles. The first kappa shape index (κ1) is 42.5. The molecular weight excluding hydrogens is 812 g/mol. The average molecular weight is 873 g/mol. The number of halogens is 1. The summed E-state index contributed by atoms with van der Waals surface area (Å²) in [5.74, 6) is -0.348. The Kier molecular flexibility index (Phi) is 12.3. The molecule has 51 heavy (non-hydrogen) atoms. The lowest BCUT2D eigenvalue weighted by molar-refractivity contribution is -0.0383. The fraction of sp³-hybridized carbons (Fsp3) is 0.703. The van der Waals surface area contributed by atoms with Gasteiger partial charge in [-0.15, -0.1) is 0 Å². The molecule has 4 rings (SSSR count). The second-order valence-corrected chi connectivity index (χ2v) is 30.0. The summed E-state index contributed by atoms with van der Waals surface area (Å²) in [6, 6.07) is 1.92. The molecule has 0 bridgehead atoms. The van der Waals surface area contributed by atoms with Crippen molar-refractivity contribution in [2.24, 2.45) is 0 Å². The predicted octanol–water partition coefficient (Wildman–Crippen LogP) is 10.4. The number of fused-ring (bicyclic) bond motifs is 1. The number of rotatable bonds is 11. The lowest BCUT2D eigenvalue weighted by Crippen LogP contribution is -2.48. The van der Waals surface area contributed by atoms with Gasteiger partial charge in [0.05, 0.1) is 19.0 Å². The summed E-state index contributed by atoms with van der Waals surface area (Å²) in [6.45, 7) is 34.9. The van der Waals surface area contributed by atoms with Gasteiger partial charge >= 0.3 is 0 Å². The highest BCUT2D eigenvalue weighted by atomic mass is 127. The molecule has 2 aromatic heterocycles. The number of hydrogen-bond acceptors (Lipinski definition) is 8. The molecule has 1 aromatic carbocycles. The van der Waals surface area contributed by atoms with Crippen LogP contribution >= 0.6 is 22.6 Å². The van der Waals surface area contributed by atoms with Gasteiger partial charge in [-0.1, -0.05) is 89.2 Å². The van der Waals surface area contributed by atoms with E-state index in [0.29, 0.717) is 50.4 Å². The van der Waals surface area contributed by atoms with Crippen molar-refractivity contribution in [3.63, 3.8) is 0 Å². The maximum absolute atomic E-state index is 13.1. The number of imidazole rings is 1. The minimum Gasteiger partial charge on any atom is -0.414 e. The molecule has 286 valence electrons. The molecule has 1 saturated heterocycles. The van der Waals surface area contributed by atoms with E-state index in [1.165, 1.54) is 0 Å². The van der Waals surface area contributed by atoms with Crippen molar-refractivity contribution in [3.05, 3.63) is 32.9 Å². The fourth-order valence-electron chi connectivity index (χ4n) is 6.20. The van der Waals surface area contributed by atoms with Crippen LogP contribution in [0.1, 0.15) is 130 Å². The summed E-state index contributed by atoms with van der Waals surface area (Å²) in [4.78, 5) is 14.7. The molecule has 0 amide bonds. The van der Waals surface area contributed by atoms with Crippen LogP contribution in [0.3, 0.4) is 0 Å². The zero-order valence-electron chi connectivity index (χ0n) is 33.6. The van der Waals surface area contributed by atoms with Gasteiger partial charge in [-0.3, -0.25) is 9.12 Å². The summed E-state index contributed by atoms with van der Waals surface area (Å²) < 4.78 is 60.0. The number of ether oxygens (including phenoxy) is 1. The number of hydrogen-bond donors (Lipinski definition) is 1. The Morgan fingerprint density at radius 3 is 2.00 bits per heavy atom. The first-order valence-corrected chi connectivity index (χ1v) is 26.5. The third kappa shape index (κ3) is 8.68. The van der Waals surface area contributed by atoms with Crippen molar-refractivity contribution in [1.29, 1.82) is 0 Å². The van der Waals surface area contributed by atoms with Crippen LogP contribution < -0.4 is 0 Å². The zero-order valence-corrected chi connectivity index (χ0v) is 38.6. The van der Waals surface area contributed by atoms with E-state index in [0.717, 1.165) is 5.56 Å². The lowest BCUT2D eigenvalue weighted by atomic mass is 9.83. The summed E-state index contributed by atoms with van der Waals surface area (Å²) in [6.07, 6.45) is 1.48. The largest absolute Gasteiger partial charge is 0.414 e. The Bertz CT molecular complexity index is 1860. The average Bonchev–Trinajstić information content (AvgIpc) is 3.55. The van der Waals surface area contributed by atoms with Crippen LogP contribution in [0.4, 0.5) is 0 Å². The predicted molar refractivity (Wildman–Crippen MR) is 219 cm³/mol. The van der Waals surface area contributed by atoms with Crippen LogP contribution in [-0.4, -0.2) is 67.9 Å². The van der Waals surface area contributed by atoms with E-state index >= 15 is 0 Å². The minimum absolute atomic E-state index is 0.0180. The van der Waals surface area contributed by atoms with Crippen molar-refractivity contribution >= 4 is 60.5 Å². The summed E-state index contributed by atoms with van der Waals surface area (Å²) in [5.41, 5.74) is 4.45. The summed E-state index contributed by atoms with van der Waals surface area (Å²) >= 11 is 2.12. The van der Waals surface area contributed by atoms with E-state index in [-0.39, 0.29) is 44.9 Å². The third-order valence-corrected chi connectivity index (χ3v) is 21.7. The van der Waals surface area contributed by atoms with Gasteiger partial charge in [0.25, 0.3) is 10.1 Å². The SMILES string of the molecule is CC(C)c1cc(C(C)C)c(S(=O)(=O)O)c(C(C)C)c1-c1nc(I)nc2c1ncn2[C@H]1C[C@H](O[Si](C)(C)C(C)(C)C)[C@@H](CO[Si](C)(C)C(C)(C)C)O1. The Labute approximate surface area is 322 Å². The second-order valence-electron chi connectivity index (χ2n) is 18.1. The summed E-state index contributed by atoms with van der Waals surface area (Å²) in [5, 5.41) is 0.0712. The molecule has 0 spiro atoms. The van der Waals surface area contributed by atoms with Crippen LogP contribution in [0.5, 0.6) is 0 Å². The van der Waals surface area contributed by atoms with Gasteiger partial charge in [0, 0.05) is 34.6 Å². The maximum atomic E-state index is 13.1. The first-order chi connectivity index (χ1) is 23.1. The Morgan fingerprint density at radius 2 is 1.51 bits per heavy atom. The molecule has 0 unspecified atom stereocenters. The lowest BCUT2D eigenvalue weighted by Gasteiger charge is -2.40. The Balaban J connectivity index is 1.92. The van der Waals surface area contributed by atoms with E-state index < -0.39 is 33.0 Å². The van der Waals surface area contributed by atoms with E-state index in [2.05, 4.69) is 104 Å². The van der Waals surface area contributed by atoms with Gasteiger partial charge in [0.2, 0.25) is 0 Å². The second kappa shape index (κ2) is 14.8. The smallest absolute Gasteiger partial charge is 0.295 e. The molecule has 1 aliphatic rings. The van der Waals surface area contributed by atoms with Crippen molar-refractivity contribution in [3.8, 4) is 11.3 Å². The monoisotopic (exact) mass is 872 g/mol. The van der Waals surface area contributed by atoms with Gasteiger partial charge in [-0.05, 0) is 70.7 Å². The van der Waals surface area contributed by atoms with Gasteiger partial charge in [-0.2, -0.15) is 8.42 Å². The summed E-state index contributed by atoms with van der Waals surface area (Å²) in [7, 11) is -8.81. The van der Waals surface area contributed by atoms with Crippen LogP contribution in [0.15, 0.2) is 17.3 Å². The van der Waals surface area contributed by atoms with E-state index in [1.807, 2.05) is 38.3 Å². The molecule has 0 saturated carbocycles. The highest BCUT2D eigenvalue weighted by Gasteiger charge is 2.47. The minimum atomic E-state index is -4.57. The Morgan fingerprint density at radius 1 is 0.941 bits per heavy atom. The van der Waals surface area contributed by atoms with E-state index in [1.54, 1.807) is 6.33 Å². The molecular formula is C37H61IN4O6SSi2. The molecule has 1 fully saturated rings. The third-order valence-electron chi connectivity index (χ3n) is 11.2. The van der Waals surface area contributed by atoms with E-state index in [4.69, 9.17) is 28.5 Å². The standard InChI is InChI=1S/C37H61IN4O6SSi2/c1-21(2)24-17-25(22(3)4)33(49(43,44)45)29(23(5)6)30(24)31-32-34(41-35(38)40-31)42(20-39-32)28-18-26(48-51(15,16)37(10,11)12)27(47-28)19-46-50(13,14)36(7,8)9/h17,20-23,26-28H,18-19H2,1-16H3,(H,43,44,45)/t26-,27+,28+/m0/s1. The zero-order chi connectivity index (χ0) is 38.8. The quantitative estimate of drug-likeness (QED) is 0.0867. The van der Waals surface area contributed by atoms with Crippen molar-refractivity contribution in [1.82, 2.24) is 19.5 Å². The number of benzene rings is 1.